The highest BCUT2D eigenvalue weighted by Gasteiger charge is 2.15. The minimum Gasteiger partial charge on any atom is -0.295 e. The number of thiophene rings is 1. The van der Waals surface area contributed by atoms with Crippen molar-refractivity contribution in [1.29, 1.82) is 0 Å². The average molecular weight is 340 g/mol. The highest BCUT2D eigenvalue weighted by Crippen LogP contribution is 2.33. The normalized spacial score (nSPS) is 15.8. The fourth-order valence-electron chi connectivity index (χ4n) is 3.11. The van der Waals surface area contributed by atoms with Crippen LogP contribution in [0.4, 0.5) is 0 Å². The summed E-state index contributed by atoms with van der Waals surface area (Å²) in [5.41, 5.74) is 2.78. The molecule has 2 aromatic carbocycles. The predicted molar refractivity (Wildman–Crippen MR) is 101 cm³/mol. The zero-order valence-electron chi connectivity index (χ0n) is 12.8. The molecule has 0 bridgehead atoms. The molecule has 4 rings (SSSR count). The van der Waals surface area contributed by atoms with Crippen LogP contribution in [0.15, 0.2) is 60.7 Å². The van der Waals surface area contributed by atoms with Crippen molar-refractivity contribution < 1.29 is 0 Å². The lowest BCUT2D eigenvalue weighted by Crippen LogP contribution is -2.27. The summed E-state index contributed by atoms with van der Waals surface area (Å²) in [5.74, 6) is 0. The summed E-state index contributed by atoms with van der Waals surface area (Å²) in [5, 5.41) is 2.18. The van der Waals surface area contributed by atoms with Gasteiger partial charge in [0.1, 0.15) is 0 Å². The second-order valence-corrected chi connectivity index (χ2v) is 7.51. The molecule has 0 radical (unpaired) electrons. The van der Waals surface area contributed by atoms with Crippen molar-refractivity contribution in [1.82, 2.24) is 4.90 Å². The molecule has 0 fully saturated rings. The number of hydrogen-bond donors (Lipinski definition) is 0. The van der Waals surface area contributed by atoms with Crippen molar-refractivity contribution >= 4 is 38.6 Å². The zero-order valence-corrected chi connectivity index (χ0v) is 14.4. The molecular formula is C20H18ClNS. The molecular weight excluding hydrogens is 322 g/mol. The van der Waals surface area contributed by atoms with Gasteiger partial charge >= 0.3 is 0 Å². The van der Waals surface area contributed by atoms with E-state index in [1.807, 2.05) is 23.5 Å². The van der Waals surface area contributed by atoms with E-state index in [1.54, 1.807) is 0 Å². The fourth-order valence-corrected chi connectivity index (χ4v) is 4.46. The highest BCUT2D eigenvalue weighted by molar-refractivity contribution is 7.20. The third kappa shape index (κ3) is 3.35. The SMILES string of the molecule is Clc1cccc(CN2CC=C(c3cc4ccccc4s3)CC2)c1. The summed E-state index contributed by atoms with van der Waals surface area (Å²) in [4.78, 5) is 3.90. The van der Waals surface area contributed by atoms with Crippen molar-refractivity contribution in [3.8, 4) is 0 Å². The minimum absolute atomic E-state index is 0.820. The van der Waals surface area contributed by atoms with Gasteiger partial charge in [0.05, 0.1) is 0 Å². The first-order chi connectivity index (χ1) is 11.3. The Morgan fingerprint density at radius 1 is 1.04 bits per heavy atom. The van der Waals surface area contributed by atoms with E-state index < -0.39 is 0 Å². The average Bonchev–Trinajstić information content (AvgIpc) is 2.99. The van der Waals surface area contributed by atoms with Crippen LogP contribution in [-0.2, 0) is 6.54 Å². The zero-order chi connectivity index (χ0) is 15.6. The van der Waals surface area contributed by atoms with Gasteiger partial charge in [-0.2, -0.15) is 0 Å². The van der Waals surface area contributed by atoms with Gasteiger partial charge in [-0.1, -0.05) is 48.0 Å². The Labute approximate surface area is 145 Å². The Morgan fingerprint density at radius 2 is 1.96 bits per heavy atom. The van der Waals surface area contributed by atoms with Gasteiger partial charge < -0.3 is 0 Å². The van der Waals surface area contributed by atoms with E-state index in [0.29, 0.717) is 0 Å². The molecule has 1 aliphatic heterocycles. The number of benzene rings is 2. The summed E-state index contributed by atoms with van der Waals surface area (Å²) in [7, 11) is 0. The first kappa shape index (κ1) is 14.9. The molecule has 1 aliphatic rings. The first-order valence-electron chi connectivity index (χ1n) is 7.93. The second-order valence-electron chi connectivity index (χ2n) is 5.99. The second kappa shape index (κ2) is 6.48. The van der Waals surface area contributed by atoms with Gasteiger partial charge in [0, 0.05) is 34.2 Å². The van der Waals surface area contributed by atoms with Crippen molar-refractivity contribution in [3.63, 3.8) is 0 Å². The molecule has 0 aliphatic carbocycles. The van der Waals surface area contributed by atoms with Crippen LogP contribution >= 0.6 is 22.9 Å². The number of fused-ring (bicyclic) bond motifs is 1. The Morgan fingerprint density at radius 3 is 2.74 bits per heavy atom. The standard InChI is InChI=1S/C20H18ClNS/c21-18-6-3-4-15(12-18)14-22-10-8-16(9-11-22)20-13-17-5-1-2-7-19(17)23-20/h1-8,12-13H,9-11,14H2. The van der Waals surface area contributed by atoms with E-state index in [4.69, 9.17) is 11.6 Å². The van der Waals surface area contributed by atoms with Crippen LogP contribution in [0.2, 0.25) is 5.02 Å². The van der Waals surface area contributed by atoms with Gasteiger partial charge in [0.15, 0.2) is 0 Å². The molecule has 3 aromatic rings. The summed E-state index contributed by atoms with van der Waals surface area (Å²) in [6.45, 7) is 3.08. The summed E-state index contributed by atoms with van der Waals surface area (Å²) in [6.07, 6.45) is 3.51. The lowest BCUT2D eigenvalue weighted by molar-refractivity contribution is 0.294. The maximum Gasteiger partial charge on any atom is 0.0409 e. The lowest BCUT2D eigenvalue weighted by atomic mass is 10.1. The quantitative estimate of drug-likeness (QED) is 0.579. The molecule has 116 valence electrons. The van der Waals surface area contributed by atoms with Crippen LogP contribution in [0, 0.1) is 0 Å². The molecule has 1 nitrogen and oxygen atoms in total. The molecule has 23 heavy (non-hydrogen) atoms. The van der Waals surface area contributed by atoms with Crippen LogP contribution in [-0.4, -0.2) is 18.0 Å². The molecule has 0 unspecified atom stereocenters. The molecule has 3 heteroatoms. The Balaban J connectivity index is 1.48. The first-order valence-corrected chi connectivity index (χ1v) is 9.12. The summed E-state index contributed by atoms with van der Waals surface area (Å²) < 4.78 is 1.38. The molecule has 0 spiro atoms. The monoisotopic (exact) mass is 339 g/mol. The molecule has 0 N–H and O–H groups in total. The van der Waals surface area contributed by atoms with Crippen LogP contribution in [0.5, 0.6) is 0 Å². The van der Waals surface area contributed by atoms with Crippen molar-refractivity contribution in [3.05, 3.63) is 76.1 Å². The van der Waals surface area contributed by atoms with Crippen LogP contribution in [0.25, 0.3) is 15.7 Å². The Kier molecular flexibility index (Phi) is 4.21. The summed E-state index contributed by atoms with van der Waals surface area (Å²) >= 11 is 7.98. The van der Waals surface area contributed by atoms with Crippen molar-refractivity contribution in [2.45, 2.75) is 13.0 Å². The predicted octanol–water partition coefficient (Wildman–Crippen LogP) is 5.84. The smallest absolute Gasteiger partial charge is 0.0409 e. The van der Waals surface area contributed by atoms with Gasteiger partial charge in [-0.15, -0.1) is 11.3 Å². The number of hydrogen-bond acceptors (Lipinski definition) is 2. The van der Waals surface area contributed by atoms with E-state index in [9.17, 15) is 0 Å². The Bertz CT molecular complexity index is 832. The third-order valence-corrected chi connectivity index (χ3v) is 5.76. The number of halogens is 1. The van der Waals surface area contributed by atoms with Gasteiger partial charge in [0.25, 0.3) is 0 Å². The molecule has 0 saturated carbocycles. The largest absolute Gasteiger partial charge is 0.295 e. The van der Waals surface area contributed by atoms with Crippen molar-refractivity contribution in [2.75, 3.05) is 13.1 Å². The van der Waals surface area contributed by atoms with E-state index in [0.717, 1.165) is 31.1 Å². The van der Waals surface area contributed by atoms with Gasteiger partial charge in [0.2, 0.25) is 0 Å². The molecule has 0 saturated heterocycles. The molecule has 0 atom stereocenters. The van der Waals surface area contributed by atoms with Gasteiger partial charge in [-0.3, -0.25) is 4.90 Å². The maximum absolute atomic E-state index is 6.08. The maximum atomic E-state index is 6.08. The highest BCUT2D eigenvalue weighted by atomic mass is 35.5. The van der Waals surface area contributed by atoms with E-state index >= 15 is 0 Å². The molecule has 2 heterocycles. The van der Waals surface area contributed by atoms with Gasteiger partial charge in [-0.05, 0) is 47.2 Å². The summed E-state index contributed by atoms with van der Waals surface area (Å²) in [6, 6.07) is 19.1. The fraction of sp³-hybridized carbons (Fsp3) is 0.200. The molecule has 1 aromatic heterocycles. The lowest BCUT2D eigenvalue weighted by Gasteiger charge is -2.26. The number of nitrogens with zero attached hydrogens (tertiary/aromatic N) is 1. The third-order valence-electron chi connectivity index (χ3n) is 4.33. The molecule has 0 amide bonds. The van der Waals surface area contributed by atoms with E-state index in [2.05, 4.69) is 53.4 Å². The number of rotatable bonds is 3. The van der Waals surface area contributed by atoms with Crippen LogP contribution in [0.1, 0.15) is 16.9 Å². The minimum atomic E-state index is 0.820. The Hall–Kier alpha value is -1.61. The van der Waals surface area contributed by atoms with E-state index in [-0.39, 0.29) is 0 Å². The van der Waals surface area contributed by atoms with E-state index in [1.165, 1.54) is 26.1 Å². The van der Waals surface area contributed by atoms with Crippen LogP contribution in [0.3, 0.4) is 0 Å². The van der Waals surface area contributed by atoms with Crippen LogP contribution < -0.4 is 0 Å². The topological polar surface area (TPSA) is 3.24 Å². The van der Waals surface area contributed by atoms with Gasteiger partial charge in [-0.25, -0.2) is 0 Å². The van der Waals surface area contributed by atoms with Crippen molar-refractivity contribution in [2.24, 2.45) is 0 Å².